The predicted molar refractivity (Wildman–Crippen MR) is 91.4 cm³/mol. The molecule has 1 saturated heterocycles. The molecule has 1 fully saturated rings. The van der Waals surface area contributed by atoms with E-state index in [0.29, 0.717) is 0 Å². The van der Waals surface area contributed by atoms with Crippen LogP contribution in [0.5, 0.6) is 5.75 Å². The molecule has 0 unspecified atom stereocenters. The van der Waals surface area contributed by atoms with E-state index in [4.69, 9.17) is 35.0 Å². The van der Waals surface area contributed by atoms with Crippen LogP contribution in [-0.4, -0.2) is 37.0 Å². The second-order valence-electron chi connectivity index (χ2n) is 5.96. The van der Waals surface area contributed by atoms with Crippen molar-refractivity contribution in [2.45, 2.75) is 11.4 Å². The molecule has 0 radical (unpaired) electrons. The second kappa shape index (κ2) is 8.88. The fourth-order valence-electron chi connectivity index (χ4n) is 2.93. The molecule has 0 aliphatic carbocycles. The van der Waals surface area contributed by atoms with Crippen molar-refractivity contribution in [2.75, 3.05) is 26.1 Å². The third-order valence-electron chi connectivity index (χ3n) is 4.00. The molecule has 7 nitrogen and oxygen atoms in total. The van der Waals surface area contributed by atoms with Gasteiger partial charge in [0.15, 0.2) is 11.4 Å². The van der Waals surface area contributed by atoms with Gasteiger partial charge in [-0.25, -0.2) is 23.5 Å². The van der Waals surface area contributed by atoms with Crippen molar-refractivity contribution in [1.82, 2.24) is 0 Å². The Labute approximate surface area is 165 Å². The number of rotatable bonds is 3. The first-order valence-electron chi connectivity index (χ1n) is 7.91. The third-order valence-corrected chi connectivity index (χ3v) is 4.43. The molecule has 0 aromatic heterocycles. The van der Waals surface area contributed by atoms with E-state index in [-0.39, 0.29) is 11.4 Å². The van der Waals surface area contributed by atoms with Crippen LogP contribution >= 0.6 is 11.6 Å². The van der Waals surface area contributed by atoms with E-state index in [0.717, 1.165) is 17.3 Å². The molecule has 0 bridgehead atoms. The zero-order valence-corrected chi connectivity index (χ0v) is 16.6. The van der Waals surface area contributed by atoms with Gasteiger partial charge in [-0.1, -0.05) is 30.3 Å². The summed E-state index contributed by atoms with van der Waals surface area (Å²) in [6.45, 7) is 0. The fourth-order valence-corrected chi connectivity index (χ4v) is 3.49. The maximum absolute atomic E-state index is 8.49. The minimum absolute atomic E-state index is 0.0282. The number of halogens is 2. The summed E-state index contributed by atoms with van der Waals surface area (Å²) in [5.41, 5.74) is 2.35. The zero-order chi connectivity index (χ0) is 20.2. The maximum Gasteiger partial charge on any atom is 0.275 e. The molecule has 0 amide bonds. The number of hydrogen-bond acceptors (Lipinski definition) is 5. The fraction of sp³-hybridized carbons (Fsp3) is 0.278. The number of anilines is 1. The summed E-state index contributed by atoms with van der Waals surface area (Å²) >= 11 is 6.67. The van der Waals surface area contributed by atoms with E-state index >= 15 is 0 Å². The largest absolute Gasteiger partial charge is 0.497 e. The SMILES string of the molecule is COc1ccc(N2C(=[N+](C)C)[C@@H](Cl)[C@H]2c2ccccc2)cc1.[O-][Cl+3]([O-])([O-])[O-]. The van der Waals surface area contributed by atoms with Crippen molar-refractivity contribution in [3.8, 4) is 5.75 Å². The van der Waals surface area contributed by atoms with E-state index in [1.54, 1.807) is 7.11 Å². The highest BCUT2D eigenvalue weighted by atomic mass is 35.7. The summed E-state index contributed by atoms with van der Waals surface area (Å²) in [7, 11) is 0.794. The summed E-state index contributed by atoms with van der Waals surface area (Å²) in [5.74, 6) is 1.97. The molecule has 1 aliphatic heterocycles. The predicted octanol–water partition coefficient (Wildman–Crippen LogP) is -1.22. The third kappa shape index (κ3) is 5.55. The van der Waals surface area contributed by atoms with Crippen LogP contribution < -0.4 is 28.3 Å². The normalized spacial score (nSPS) is 19.0. The Hall–Kier alpha value is -1.87. The average Bonchev–Trinajstić information content (AvgIpc) is 2.59. The Morgan fingerprint density at radius 1 is 0.963 bits per heavy atom. The van der Waals surface area contributed by atoms with Gasteiger partial charge in [-0.15, -0.1) is 21.8 Å². The molecular weight excluding hydrogens is 395 g/mol. The Kier molecular flexibility index (Phi) is 7.05. The Morgan fingerprint density at radius 3 is 1.93 bits per heavy atom. The standard InChI is InChI=1S/C18H20ClN2O.ClHO4/c1-20(2)18-16(19)17(13-7-5-4-6-8-13)21(18)14-9-11-15(22-3)12-10-14;2-1(3,4)5/h4-12,16-17H,1-3H3;(H,2,3,4,5)/q+1;/p-1/t16-,17+;/m0./s1. The van der Waals surface area contributed by atoms with Crippen LogP contribution in [0.1, 0.15) is 11.6 Å². The van der Waals surface area contributed by atoms with Crippen molar-refractivity contribution < 1.29 is 38.2 Å². The van der Waals surface area contributed by atoms with Crippen molar-refractivity contribution in [2.24, 2.45) is 0 Å². The first kappa shape index (κ1) is 21.4. The van der Waals surface area contributed by atoms with Crippen molar-refractivity contribution in [3.63, 3.8) is 0 Å². The zero-order valence-electron chi connectivity index (χ0n) is 15.0. The van der Waals surface area contributed by atoms with Gasteiger partial charge in [0, 0.05) is 0 Å². The van der Waals surface area contributed by atoms with Crippen LogP contribution in [0.25, 0.3) is 0 Å². The lowest BCUT2D eigenvalue weighted by molar-refractivity contribution is -2.00. The molecule has 2 aromatic rings. The number of alkyl halides is 1. The van der Waals surface area contributed by atoms with Gasteiger partial charge >= 0.3 is 0 Å². The Bertz CT molecular complexity index is 769. The number of ether oxygens (including phenoxy) is 1. The smallest absolute Gasteiger partial charge is 0.275 e. The molecule has 1 aliphatic rings. The number of methoxy groups -OCH3 is 1. The number of benzene rings is 2. The average molecular weight is 415 g/mol. The van der Waals surface area contributed by atoms with Crippen molar-refractivity contribution >= 4 is 23.1 Å². The Morgan fingerprint density at radius 2 is 1.48 bits per heavy atom. The number of hydrogen-bond donors (Lipinski definition) is 0. The van der Waals surface area contributed by atoms with Crippen molar-refractivity contribution in [1.29, 1.82) is 0 Å². The van der Waals surface area contributed by atoms with E-state index in [9.17, 15) is 0 Å². The van der Waals surface area contributed by atoms with Crippen LogP contribution in [-0.2, 0) is 0 Å². The van der Waals surface area contributed by atoms with Crippen LogP contribution in [0.2, 0.25) is 0 Å². The second-order valence-corrected chi connectivity index (χ2v) is 7.18. The summed E-state index contributed by atoms with van der Waals surface area (Å²) in [4.78, 5) is 2.28. The van der Waals surface area contributed by atoms with Gasteiger partial charge in [0.1, 0.15) is 11.4 Å². The quantitative estimate of drug-likeness (QED) is 0.460. The highest BCUT2D eigenvalue weighted by molar-refractivity contribution is 6.37. The molecule has 2 aromatic carbocycles. The van der Waals surface area contributed by atoms with Crippen LogP contribution in [0.4, 0.5) is 5.69 Å². The first-order chi connectivity index (χ1) is 12.6. The van der Waals surface area contributed by atoms with Crippen LogP contribution in [0.15, 0.2) is 54.6 Å². The lowest BCUT2D eigenvalue weighted by atomic mass is 9.91. The van der Waals surface area contributed by atoms with Crippen LogP contribution in [0.3, 0.4) is 0 Å². The molecule has 146 valence electrons. The van der Waals surface area contributed by atoms with Gasteiger partial charge in [-0.3, -0.25) is 4.58 Å². The Balaban J connectivity index is 0.000000465. The molecule has 1 heterocycles. The van der Waals surface area contributed by atoms with Gasteiger partial charge in [0.05, 0.1) is 21.2 Å². The number of nitrogens with zero attached hydrogens (tertiary/aromatic N) is 2. The molecule has 0 N–H and O–H groups in total. The minimum atomic E-state index is -4.94. The molecular formula is C18H20Cl2N2O5. The monoisotopic (exact) mass is 414 g/mol. The molecule has 9 heteroatoms. The summed E-state index contributed by atoms with van der Waals surface area (Å²) in [6.07, 6.45) is 0. The van der Waals surface area contributed by atoms with E-state index in [1.807, 2.05) is 32.3 Å². The van der Waals surface area contributed by atoms with Crippen molar-refractivity contribution in [3.05, 3.63) is 60.2 Å². The lowest BCUT2D eigenvalue weighted by Crippen LogP contribution is -2.68. The molecule has 0 saturated carbocycles. The van der Waals surface area contributed by atoms with Gasteiger partial charge in [-0.05, 0) is 29.8 Å². The summed E-state index contributed by atoms with van der Waals surface area (Å²) < 4.78 is 41.3. The number of amidine groups is 1. The lowest BCUT2D eigenvalue weighted by Gasteiger charge is -2.41. The van der Waals surface area contributed by atoms with Crippen LogP contribution in [0, 0.1) is 10.2 Å². The first-order valence-corrected chi connectivity index (χ1v) is 9.58. The molecule has 3 rings (SSSR count). The molecule has 27 heavy (non-hydrogen) atoms. The minimum Gasteiger partial charge on any atom is -0.497 e. The van der Waals surface area contributed by atoms with Gasteiger partial charge in [0.25, 0.3) is 5.84 Å². The van der Waals surface area contributed by atoms with Gasteiger partial charge in [-0.2, -0.15) is 0 Å². The maximum atomic E-state index is 8.49. The molecule has 0 spiro atoms. The molecule has 2 atom stereocenters. The highest BCUT2D eigenvalue weighted by Gasteiger charge is 2.54. The van der Waals surface area contributed by atoms with Gasteiger partial charge < -0.3 is 4.74 Å². The van der Waals surface area contributed by atoms with E-state index in [1.165, 1.54) is 5.56 Å². The topological polar surface area (TPSA) is 108 Å². The summed E-state index contributed by atoms with van der Waals surface area (Å²) in [6, 6.07) is 18.6. The van der Waals surface area contributed by atoms with Gasteiger partial charge in [0.2, 0.25) is 0 Å². The summed E-state index contributed by atoms with van der Waals surface area (Å²) in [5, 5.41) is -0.0282. The van der Waals surface area contributed by atoms with E-state index in [2.05, 4.69) is 45.9 Å². The highest BCUT2D eigenvalue weighted by Crippen LogP contribution is 2.42. The van der Waals surface area contributed by atoms with E-state index < -0.39 is 10.2 Å².